The predicted molar refractivity (Wildman–Crippen MR) is 78.0 cm³/mol. The molecule has 0 saturated heterocycles. The Morgan fingerprint density at radius 1 is 1.32 bits per heavy atom. The minimum Gasteiger partial charge on any atom is -0.369 e. The number of hydrogen-bond donors (Lipinski definition) is 1. The SMILES string of the molecule is Brc1c(-c2cccnc2)nn2c1NCCC2C1CC1. The number of fused-ring (bicyclic) bond motifs is 1. The third-order valence-corrected chi connectivity index (χ3v) is 4.75. The van der Waals surface area contributed by atoms with Gasteiger partial charge in [-0.2, -0.15) is 5.10 Å². The standard InChI is InChI=1S/C14H15BrN4/c15-12-13(10-2-1-6-16-8-10)18-19-11(9-3-4-9)5-7-17-14(12)19/h1-2,6,8-9,11,17H,3-5,7H2. The fourth-order valence-corrected chi connectivity index (χ4v) is 3.51. The van der Waals surface area contributed by atoms with Gasteiger partial charge in [-0.15, -0.1) is 0 Å². The van der Waals surface area contributed by atoms with Gasteiger partial charge in [-0.25, -0.2) is 4.68 Å². The van der Waals surface area contributed by atoms with E-state index in [-0.39, 0.29) is 0 Å². The van der Waals surface area contributed by atoms with Crippen molar-refractivity contribution in [2.45, 2.75) is 25.3 Å². The summed E-state index contributed by atoms with van der Waals surface area (Å²) >= 11 is 3.70. The zero-order valence-electron chi connectivity index (χ0n) is 10.5. The normalized spacial score (nSPS) is 21.8. The molecule has 0 amide bonds. The topological polar surface area (TPSA) is 42.7 Å². The quantitative estimate of drug-likeness (QED) is 0.921. The summed E-state index contributed by atoms with van der Waals surface area (Å²) in [6.07, 6.45) is 7.54. The van der Waals surface area contributed by atoms with E-state index in [4.69, 9.17) is 5.10 Å². The molecule has 0 bridgehead atoms. The second-order valence-electron chi connectivity index (χ2n) is 5.32. The Kier molecular flexibility index (Phi) is 2.62. The highest BCUT2D eigenvalue weighted by Gasteiger charge is 2.37. The largest absolute Gasteiger partial charge is 0.369 e. The Morgan fingerprint density at radius 2 is 2.21 bits per heavy atom. The molecule has 1 atom stereocenters. The molecular weight excluding hydrogens is 304 g/mol. The van der Waals surface area contributed by atoms with Crippen LogP contribution in [0.3, 0.4) is 0 Å². The molecule has 19 heavy (non-hydrogen) atoms. The van der Waals surface area contributed by atoms with Crippen molar-refractivity contribution in [1.82, 2.24) is 14.8 Å². The molecule has 98 valence electrons. The molecule has 4 nitrogen and oxygen atoms in total. The van der Waals surface area contributed by atoms with Gasteiger partial charge in [0.1, 0.15) is 11.5 Å². The van der Waals surface area contributed by atoms with Crippen molar-refractivity contribution in [3.05, 3.63) is 29.0 Å². The van der Waals surface area contributed by atoms with E-state index in [2.05, 4.69) is 37.0 Å². The monoisotopic (exact) mass is 318 g/mol. The van der Waals surface area contributed by atoms with Gasteiger partial charge in [0.15, 0.2) is 0 Å². The van der Waals surface area contributed by atoms with Crippen LogP contribution in [0.25, 0.3) is 11.3 Å². The Labute approximate surface area is 120 Å². The van der Waals surface area contributed by atoms with E-state index < -0.39 is 0 Å². The molecule has 2 aliphatic rings. The average molecular weight is 319 g/mol. The lowest BCUT2D eigenvalue weighted by Gasteiger charge is -2.25. The highest BCUT2D eigenvalue weighted by molar-refractivity contribution is 9.10. The molecule has 0 spiro atoms. The third kappa shape index (κ3) is 1.87. The van der Waals surface area contributed by atoms with E-state index in [1.807, 2.05) is 12.3 Å². The van der Waals surface area contributed by atoms with E-state index in [0.717, 1.165) is 34.0 Å². The molecule has 3 heterocycles. The van der Waals surface area contributed by atoms with Gasteiger partial charge in [0, 0.05) is 24.5 Å². The van der Waals surface area contributed by atoms with Gasteiger partial charge in [-0.05, 0) is 53.2 Å². The highest BCUT2D eigenvalue weighted by Crippen LogP contribution is 2.46. The summed E-state index contributed by atoms with van der Waals surface area (Å²) in [6.45, 7) is 1.04. The summed E-state index contributed by atoms with van der Waals surface area (Å²) in [5, 5.41) is 8.30. The zero-order chi connectivity index (χ0) is 12.8. The van der Waals surface area contributed by atoms with Crippen LogP contribution in [0.1, 0.15) is 25.3 Å². The van der Waals surface area contributed by atoms with Gasteiger partial charge in [-0.1, -0.05) is 0 Å². The van der Waals surface area contributed by atoms with Crippen LogP contribution in [0.2, 0.25) is 0 Å². The minimum atomic E-state index is 0.568. The first-order valence-corrected chi connectivity index (χ1v) is 7.56. The van der Waals surface area contributed by atoms with Gasteiger partial charge in [0.05, 0.1) is 10.5 Å². The molecule has 1 aliphatic heterocycles. The van der Waals surface area contributed by atoms with E-state index in [1.165, 1.54) is 19.3 Å². The molecule has 1 N–H and O–H groups in total. The smallest absolute Gasteiger partial charge is 0.139 e. The van der Waals surface area contributed by atoms with Gasteiger partial charge in [0.25, 0.3) is 0 Å². The Balaban J connectivity index is 1.82. The summed E-state index contributed by atoms with van der Waals surface area (Å²) in [4.78, 5) is 4.18. The lowest BCUT2D eigenvalue weighted by atomic mass is 10.1. The van der Waals surface area contributed by atoms with Crippen LogP contribution >= 0.6 is 15.9 Å². The van der Waals surface area contributed by atoms with E-state index in [1.54, 1.807) is 6.20 Å². The van der Waals surface area contributed by atoms with Crippen LogP contribution in [0.5, 0.6) is 0 Å². The second-order valence-corrected chi connectivity index (χ2v) is 6.11. The number of hydrogen-bond acceptors (Lipinski definition) is 3. The van der Waals surface area contributed by atoms with Gasteiger partial charge in [0.2, 0.25) is 0 Å². The Bertz CT molecular complexity index is 603. The first-order chi connectivity index (χ1) is 9.34. The number of rotatable bonds is 2. The van der Waals surface area contributed by atoms with Crippen molar-refractivity contribution >= 4 is 21.7 Å². The van der Waals surface area contributed by atoms with Gasteiger partial charge < -0.3 is 5.32 Å². The third-order valence-electron chi connectivity index (χ3n) is 4.00. The van der Waals surface area contributed by atoms with E-state index in [0.29, 0.717) is 6.04 Å². The van der Waals surface area contributed by atoms with Crippen LogP contribution < -0.4 is 5.32 Å². The van der Waals surface area contributed by atoms with Gasteiger partial charge in [-0.3, -0.25) is 4.98 Å². The molecular formula is C14H15BrN4. The summed E-state index contributed by atoms with van der Waals surface area (Å²) in [6, 6.07) is 4.57. The first kappa shape index (κ1) is 11.5. The number of halogens is 1. The number of aromatic nitrogens is 3. The summed E-state index contributed by atoms with van der Waals surface area (Å²) in [7, 11) is 0. The lowest BCUT2D eigenvalue weighted by molar-refractivity contribution is 0.376. The first-order valence-electron chi connectivity index (χ1n) is 6.77. The fourth-order valence-electron chi connectivity index (χ4n) is 2.88. The van der Waals surface area contributed by atoms with Crippen LogP contribution in [-0.4, -0.2) is 21.3 Å². The Morgan fingerprint density at radius 3 is 2.95 bits per heavy atom. The molecule has 2 aromatic heterocycles. The van der Waals surface area contributed by atoms with E-state index in [9.17, 15) is 0 Å². The number of pyridine rings is 1. The maximum atomic E-state index is 4.83. The predicted octanol–water partition coefficient (Wildman–Crippen LogP) is 3.47. The van der Waals surface area contributed by atoms with Crippen LogP contribution in [-0.2, 0) is 0 Å². The number of nitrogens with zero attached hydrogens (tertiary/aromatic N) is 3. The highest BCUT2D eigenvalue weighted by atomic mass is 79.9. The second kappa shape index (κ2) is 4.34. The van der Waals surface area contributed by atoms with Crippen molar-refractivity contribution in [2.75, 3.05) is 11.9 Å². The average Bonchev–Trinajstić information content (AvgIpc) is 3.24. The van der Waals surface area contributed by atoms with Crippen LogP contribution in [0, 0.1) is 5.92 Å². The van der Waals surface area contributed by atoms with Crippen molar-refractivity contribution in [3.63, 3.8) is 0 Å². The van der Waals surface area contributed by atoms with Crippen molar-refractivity contribution in [2.24, 2.45) is 5.92 Å². The summed E-state index contributed by atoms with van der Waals surface area (Å²) in [5.41, 5.74) is 2.05. The van der Waals surface area contributed by atoms with Crippen LogP contribution in [0.4, 0.5) is 5.82 Å². The van der Waals surface area contributed by atoms with Crippen molar-refractivity contribution < 1.29 is 0 Å². The maximum absolute atomic E-state index is 4.83. The molecule has 1 aliphatic carbocycles. The molecule has 5 heteroatoms. The van der Waals surface area contributed by atoms with Gasteiger partial charge >= 0.3 is 0 Å². The summed E-state index contributed by atoms with van der Waals surface area (Å²) < 4.78 is 3.25. The number of nitrogens with one attached hydrogen (secondary N) is 1. The zero-order valence-corrected chi connectivity index (χ0v) is 12.1. The minimum absolute atomic E-state index is 0.568. The fraction of sp³-hybridized carbons (Fsp3) is 0.429. The maximum Gasteiger partial charge on any atom is 0.139 e. The lowest BCUT2D eigenvalue weighted by Crippen LogP contribution is -2.24. The number of anilines is 1. The molecule has 4 rings (SSSR count). The van der Waals surface area contributed by atoms with Crippen molar-refractivity contribution in [1.29, 1.82) is 0 Å². The van der Waals surface area contributed by atoms with Crippen molar-refractivity contribution in [3.8, 4) is 11.3 Å². The Hall–Kier alpha value is -1.36. The molecule has 0 aromatic carbocycles. The molecule has 1 unspecified atom stereocenters. The van der Waals surface area contributed by atoms with Crippen LogP contribution in [0.15, 0.2) is 29.0 Å². The molecule has 0 radical (unpaired) electrons. The molecule has 1 fully saturated rings. The summed E-state index contributed by atoms with van der Waals surface area (Å²) in [5.74, 6) is 1.96. The van der Waals surface area contributed by atoms with E-state index >= 15 is 0 Å². The molecule has 1 saturated carbocycles. The molecule has 2 aromatic rings.